The molecule has 98 valence electrons. The zero-order chi connectivity index (χ0) is 13.2. The Morgan fingerprint density at radius 3 is 2.83 bits per heavy atom. The molecule has 0 aromatic heterocycles. The number of carbonyl (C=O) groups is 1. The average Bonchev–Trinajstić information content (AvgIpc) is 3.06. The van der Waals surface area contributed by atoms with Crippen molar-refractivity contribution in [2.75, 3.05) is 24.2 Å². The van der Waals surface area contributed by atoms with Crippen molar-refractivity contribution in [1.29, 1.82) is 0 Å². The van der Waals surface area contributed by atoms with Crippen molar-refractivity contribution in [1.82, 2.24) is 0 Å². The number of rotatable bonds is 5. The summed E-state index contributed by atoms with van der Waals surface area (Å²) in [4.78, 5) is 11.8. The SMILES string of the molecule is CCOC(=O)c1cc(N)ccc1NCC1(C)CC1. The topological polar surface area (TPSA) is 64.3 Å². The monoisotopic (exact) mass is 248 g/mol. The van der Waals surface area contributed by atoms with Crippen molar-refractivity contribution in [2.24, 2.45) is 5.41 Å². The summed E-state index contributed by atoms with van der Waals surface area (Å²) in [6.45, 7) is 5.28. The molecule has 0 aliphatic heterocycles. The number of nitrogen functional groups attached to an aromatic ring is 1. The zero-order valence-corrected chi connectivity index (χ0v) is 11.0. The first kappa shape index (κ1) is 12.7. The van der Waals surface area contributed by atoms with Gasteiger partial charge >= 0.3 is 5.97 Å². The number of nitrogens with one attached hydrogen (secondary N) is 1. The van der Waals surface area contributed by atoms with Crippen LogP contribution < -0.4 is 11.1 Å². The molecule has 1 aromatic rings. The first-order valence-corrected chi connectivity index (χ1v) is 6.34. The number of ether oxygens (including phenoxy) is 1. The number of carbonyl (C=O) groups excluding carboxylic acids is 1. The Kier molecular flexibility index (Phi) is 3.45. The predicted octanol–water partition coefficient (Wildman–Crippen LogP) is 2.66. The Hall–Kier alpha value is -1.71. The molecular weight excluding hydrogens is 228 g/mol. The number of esters is 1. The van der Waals surface area contributed by atoms with E-state index in [1.165, 1.54) is 12.8 Å². The van der Waals surface area contributed by atoms with E-state index in [1.54, 1.807) is 19.1 Å². The number of nitrogens with two attached hydrogens (primary N) is 1. The van der Waals surface area contributed by atoms with E-state index in [9.17, 15) is 4.79 Å². The average molecular weight is 248 g/mol. The quantitative estimate of drug-likeness (QED) is 0.621. The summed E-state index contributed by atoms with van der Waals surface area (Å²) in [6.07, 6.45) is 2.48. The lowest BCUT2D eigenvalue weighted by Crippen LogP contribution is -2.15. The highest BCUT2D eigenvalue weighted by Crippen LogP contribution is 2.44. The summed E-state index contributed by atoms with van der Waals surface area (Å²) < 4.78 is 5.04. The lowest BCUT2D eigenvalue weighted by molar-refractivity contribution is 0.0527. The molecule has 0 radical (unpaired) electrons. The highest BCUT2D eigenvalue weighted by molar-refractivity contribution is 5.96. The molecule has 4 nitrogen and oxygen atoms in total. The van der Waals surface area contributed by atoms with Gasteiger partial charge in [-0.2, -0.15) is 0 Å². The molecular formula is C14H20N2O2. The fourth-order valence-electron chi connectivity index (χ4n) is 1.79. The first-order chi connectivity index (χ1) is 8.54. The molecule has 0 heterocycles. The molecule has 1 aliphatic rings. The molecule has 1 fully saturated rings. The Morgan fingerprint density at radius 1 is 1.50 bits per heavy atom. The molecule has 0 unspecified atom stereocenters. The lowest BCUT2D eigenvalue weighted by atomic mass is 10.1. The second-order valence-corrected chi connectivity index (χ2v) is 5.19. The van der Waals surface area contributed by atoms with Crippen molar-refractivity contribution in [3.63, 3.8) is 0 Å². The third-order valence-electron chi connectivity index (χ3n) is 3.35. The van der Waals surface area contributed by atoms with Crippen molar-refractivity contribution in [2.45, 2.75) is 26.7 Å². The van der Waals surface area contributed by atoms with Crippen LogP contribution in [0, 0.1) is 5.41 Å². The van der Waals surface area contributed by atoms with Crippen LogP contribution in [0.3, 0.4) is 0 Å². The Labute approximate surface area is 108 Å². The molecule has 3 N–H and O–H groups in total. The maximum absolute atomic E-state index is 11.8. The van der Waals surface area contributed by atoms with E-state index in [0.717, 1.165) is 12.2 Å². The van der Waals surface area contributed by atoms with Crippen LogP contribution in [-0.2, 0) is 4.74 Å². The second kappa shape index (κ2) is 4.88. The summed E-state index contributed by atoms with van der Waals surface area (Å²) in [5, 5.41) is 3.33. The number of anilines is 2. The minimum absolute atomic E-state index is 0.326. The fraction of sp³-hybridized carbons (Fsp3) is 0.500. The third kappa shape index (κ3) is 2.94. The minimum atomic E-state index is -0.326. The number of hydrogen-bond acceptors (Lipinski definition) is 4. The lowest BCUT2D eigenvalue weighted by Gasteiger charge is -2.15. The van der Waals surface area contributed by atoms with Gasteiger partial charge in [-0.05, 0) is 43.4 Å². The number of hydrogen-bond donors (Lipinski definition) is 2. The van der Waals surface area contributed by atoms with Crippen LogP contribution in [0.5, 0.6) is 0 Å². The van der Waals surface area contributed by atoms with Crippen LogP contribution in [-0.4, -0.2) is 19.1 Å². The molecule has 0 bridgehead atoms. The second-order valence-electron chi connectivity index (χ2n) is 5.19. The van der Waals surface area contributed by atoms with Crippen LogP contribution in [0.4, 0.5) is 11.4 Å². The normalized spacial score (nSPS) is 16.1. The van der Waals surface area contributed by atoms with Crippen LogP contribution in [0.15, 0.2) is 18.2 Å². The van der Waals surface area contributed by atoms with E-state index in [0.29, 0.717) is 23.3 Å². The summed E-state index contributed by atoms with van der Waals surface area (Å²) >= 11 is 0. The Bertz CT molecular complexity index is 453. The van der Waals surface area contributed by atoms with E-state index in [4.69, 9.17) is 10.5 Å². The molecule has 1 saturated carbocycles. The van der Waals surface area contributed by atoms with Crippen molar-refractivity contribution in [3.8, 4) is 0 Å². The fourth-order valence-corrected chi connectivity index (χ4v) is 1.79. The van der Waals surface area contributed by atoms with Crippen molar-refractivity contribution in [3.05, 3.63) is 23.8 Å². The minimum Gasteiger partial charge on any atom is -0.462 e. The smallest absolute Gasteiger partial charge is 0.340 e. The molecule has 0 saturated heterocycles. The van der Waals surface area contributed by atoms with Gasteiger partial charge in [0, 0.05) is 17.9 Å². The van der Waals surface area contributed by atoms with Gasteiger partial charge in [-0.25, -0.2) is 4.79 Å². The van der Waals surface area contributed by atoms with Crippen LogP contribution in [0.1, 0.15) is 37.0 Å². The van der Waals surface area contributed by atoms with Crippen molar-refractivity contribution >= 4 is 17.3 Å². The van der Waals surface area contributed by atoms with Crippen LogP contribution >= 0.6 is 0 Å². The van der Waals surface area contributed by atoms with Gasteiger partial charge in [0.25, 0.3) is 0 Å². The van der Waals surface area contributed by atoms with E-state index in [2.05, 4.69) is 12.2 Å². The molecule has 2 rings (SSSR count). The maximum atomic E-state index is 11.8. The third-order valence-corrected chi connectivity index (χ3v) is 3.35. The van der Waals surface area contributed by atoms with Crippen LogP contribution in [0.25, 0.3) is 0 Å². The zero-order valence-electron chi connectivity index (χ0n) is 11.0. The highest BCUT2D eigenvalue weighted by atomic mass is 16.5. The molecule has 4 heteroatoms. The van der Waals surface area contributed by atoms with Gasteiger partial charge in [-0.15, -0.1) is 0 Å². The first-order valence-electron chi connectivity index (χ1n) is 6.34. The van der Waals surface area contributed by atoms with Gasteiger partial charge in [0.2, 0.25) is 0 Å². The van der Waals surface area contributed by atoms with Gasteiger partial charge in [0.15, 0.2) is 0 Å². The number of benzene rings is 1. The predicted molar refractivity (Wildman–Crippen MR) is 72.6 cm³/mol. The Balaban J connectivity index is 2.14. The summed E-state index contributed by atoms with van der Waals surface area (Å²) in [6, 6.07) is 5.29. The summed E-state index contributed by atoms with van der Waals surface area (Å²) in [5.41, 5.74) is 7.99. The molecule has 1 aromatic carbocycles. The molecule has 0 atom stereocenters. The maximum Gasteiger partial charge on any atom is 0.340 e. The van der Waals surface area contributed by atoms with E-state index in [-0.39, 0.29) is 5.97 Å². The van der Waals surface area contributed by atoms with Crippen LogP contribution in [0.2, 0.25) is 0 Å². The van der Waals surface area contributed by atoms with Gasteiger partial charge < -0.3 is 15.8 Å². The Morgan fingerprint density at radius 2 is 2.22 bits per heavy atom. The van der Waals surface area contributed by atoms with Crippen molar-refractivity contribution < 1.29 is 9.53 Å². The van der Waals surface area contributed by atoms with Gasteiger partial charge in [0.05, 0.1) is 12.2 Å². The molecule has 0 spiro atoms. The van der Waals surface area contributed by atoms with Gasteiger partial charge in [-0.1, -0.05) is 6.92 Å². The summed E-state index contributed by atoms with van der Waals surface area (Å²) in [7, 11) is 0. The molecule has 1 aliphatic carbocycles. The summed E-state index contributed by atoms with van der Waals surface area (Å²) in [5.74, 6) is -0.326. The van der Waals surface area contributed by atoms with Gasteiger partial charge in [0.1, 0.15) is 0 Å². The largest absolute Gasteiger partial charge is 0.462 e. The molecule has 18 heavy (non-hydrogen) atoms. The standard InChI is InChI=1S/C14H20N2O2/c1-3-18-13(17)11-8-10(15)4-5-12(11)16-9-14(2)6-7-14/h4-5,8,16H,3,6-7,9,15H2,1-2H3. The van der Waals surface area contributed by atoms with Gasteiger partial charge in [-0.3, -0.25) is 0 Å². The van der Waals surface area contributed by atoms with E-state index >= 15 is 0 Å². The van der Waals surface area contributed by atoms with E-state index in [1.807, 2.05) is 6.07 Å². The van der Waals surface area contributed by atoms with E-state index < -0.39 is 0 Å². The highest BCUT2D eigenvalue weighted by Gasteiger charge is 2.36. The molecule has 0 amide bonds.